The Morgan fingerprint density at radius 2 is 1.04 bits per heavy atom. The number of hydrogen-bond acceptors (Lipinski definition) is 3. The second kappa shape index (κ2) is 13.8. The van der Waals surface area contributed by atoms with Crippen LogP contribution in [0.5, 0.6) is 0 Å². The Balaban J connectivity index is 4.53. The van der Waals surface area contributed by atoms with Gasteiger partial charge in [0.1, 0.15) is 0 Å². The number of hydrogen-bond donors (Lipinski definition) is 1. The van der Waals surface area contributed by atoms with E-state index in [1.165, 1.54) is 77.0 Å². The van der Waals surface area contributed by atoms with Gasteiger partial charge in [0.25, 0.3) is 0 Å². The summed E-state index contributed by atoms with van der Waals surface area (Å²) >= 11 is 0. The summed E-state index contributed by atoms with van der Waals surface area (Å²) in [5.41, 5.74) is -0.590. The van der Waals surface area contributed by atoms with Gasteiger partial charge < -0.3 is 5.11 Å². The van der Waals surface area contributed by atoms with E-state index in [0.717, 1.165) is 6.42 Å². The van der Waals surface area contributed by atoms with Crippen LogP contribution in [0.1, 0.15) is 132 Å². The van der Waals surface area contributed by atoms with Gasteiger partial charge in [0.2, 0.25) is 0 Å². The molecule has 0 aliphatic carbocycles. The summed E-state index contributed by atoms with van der Waals surface area (Å²) < 4.78 is 0.481. The number of aliphatic hydroxyl groups is 1. The lowest BCUT2D eigenvalue weighted by atomic mass is 9.95. The van der Waals surface area contributed by atoms with Crippen LogP contribution >= 0.6 is 21.6 Å². The highest BCUT2D eigenvalue weighted by molar-refractivity contribution is 8.77. The highest BCUT2D eigenvalue weighted by Gasteiger charge is 2.32. The zero-order valence-corrected chi connectivity index (χ0v) is 20.6. The monoisotopic (exact) mass is 404 g/mol. The van der Waals surface area contributed by atoms with Gasteiger partial charge in [-0.15, -0.1) is 0 Å². The van der Waals surface area contributed by atoms with Crippen molar-refractivity contribution in [3.05, 3.63) is 0 Å². The van der Waals surface area contributed by atoms with Crippen molar-refractivity contribution >= 4 is 21.6 Å². The molecular weight excluding hydrogens is 356 g/mol. The van der Waals surface area contributed by atoms with Crippen molar-refractivity contribution in [3.8, 4) is 0 Å². The molecule has 0 bridgehead atoms. The molecule has 1 nitrogen and oxygen atoms in total. The Bertz CT molecular complexity index is 320. The van der Waals surface area contributed by atoms with Gasteiger partial charge in [-0.1, -0.05) is 99.6 Å². The van der Waals surface area contributed by atoms with Gasteiger partial charge in [0.05, 0.1) is 5.60 Å². The molecule has 0 saturated heterocycles. The molecule has 158 valence electrons. The molecule has 0 rings (SSSR count). The first-order valence-electron chi connectivity index (χ1n) is 11.1. The molecular formula is C23H48OS2. The molecule has 0 amide bonds. The zero-order valence-electron chi connectivity index (χ0n) is 19.0. The molecule has 0 aromatic rings. The van der Waals surface area contributed by atoms with Crippen molar-refractivity contribution < 1.29 is 5.11 Å². The zero-order chi connectivity index (χ0) is 20.1. The summed E-state index contributed by atoms with van der Waals surface area (Å²) in [7, 11) is 4.11. The fourth-order valence-corrected chi connectivity index (χ4v) is 6.95. The summed E-state index contributed by atoms with van der Waals surface area (Å²) in [6.07, 6.45) is 17.2. The molecule has 0 heterocycles. The highest BCUT2D eigenvalue weighted by Crippen LogP contribution is 2.50. The summed E-state index contributed by atoms with van der Waals surface area (Å²) in [6, 6.07) is 0. The smallest absolute Gasteiger partial charge is 0.0605 e. The molecule has 0 aromatic heterocycles. The standard InChI is InChI=1S/C23H48OS2/c1-8-10-12-14-16-18-23(7,19-17-15-13-11-9-2)26-25-22(5,6)20-21(3,4)24/h24H,8-20H2,1-7H3. The van der Waals surface area contributed by atoms with Gasteiger partial charge in [-0.25, -0.2) is 0 Å². The second-order valence-corrected chi connectivity index (χ2v) is 13.1. The molecule has 0 aliphatic rings. The Morgan fingerprint density at radius 3 is 1.42 bits per heavy atom. The van der Waals surface area contributed by atoms with Crippen LogP contribution in [0.15, 0.2) is 0 Å². The molecule has 0 fully saturated rings. The maximum absolute atomic E-state index is 10.2. The Kier molecular flexibility index (Phi) is 14.1. The van der Waals surface area contributed by atoms with E-state index in [9.17, 15) is 5.11 Å². The number of unbranched alkanes of at least 4 members (excludes halogenated alkanes) is 8. The third kappa shape index (κ3) is 15.7. The van der Waals surface area contributed by atoms with Crippen LogP contribution in [-0.4, -0.2) is 20.2 Å². The average Bonchev–Trinajstić information content (AvgIpc) is 2.51. The molecule has 0 spiro atoms. The molecule has 0 atom stereocenters. The summed E-state index contributed by atoms with van der Waals surface area (Å²) in [6.45, 7) is 15.5. The lowest BCUT2D eigenvalue weighted by molar-refractivity contribution is 0.0631. The van der Waals surface area contributed by atoms with Crippen molar-refractivity contribution in [1.82, 2.24) is 0 Å². The van der Waals surface area contributed by atoms with Crippen molar-refractivity contribution in [2.24, 2.45) is 0 Å². The molecule has 0 unspecified atom stereocenters. The van der Waals surface area contributed by atoms with E-state index in [1.807, 2.05) is 24.6 Å². The fraction of sp³-hybridized carbons (Fsp3) is 1.00. The van der Waals surface area contributed by atoms with Crippen LogP contribution in [-0.2, 0) is 0 Å². The lowest BCUT2D eigenvalue weighted by Gasteiger charge is -2.35. The largest absolute Gasteiger partial charge is 0.390 e. The Labute approximate surface area is 173 Å². The van der Waals surface area contributed by atoms with E-state index in [2.05, 4.69) is 45.4 Å². The maximum Gasteiger partial charge on any atom is 0.0605 e. The van der Waals surface area contributed by atoms with Crippen molar-refractivity contribution in [2.45, 2.75) is 147 Å². The molecule has 1 N–H and O–H groups in total. The third-order valence-corrected chi connectivity index (χ3v) is 9.25. The third-order valence-electron chi connectivity index (χ3n) is 4.95. The van der Waals surface area contributed by atoms with E-state index in [-0.39, 0.29) is 4.75 Å². The topological polar surface area (TPSA) is 20.2 Å². The van der Waals surface area contributed by atoms with Crippen LogP contribution in [0.2, 0.25) is 0 Å². The molecule has 3 heteroatoms. The molecule has 0 aromatic carbocycles. The minimum Gasteiger partial charge on any atom is -0.390 e. The van der Waals surface area contributed by atoms with E-state index < -0.39 is 5.60 Å². The SMILES string of the molecule is CCCCCCCC(C)(CCCCCCC)SSC(C)(C)CC(C)(C)O. The number of rotatable bonds is 17. The summed E-state index contributed by atoms with van der Waals surface area (Å²) in [5.74, 6) is 0. The lowest BCUT2D eigenvalue weighted by Crippen LogP contribution is -2.31. The van der Waals surface area contributed by atoms with Crippen LogP contribution in [0.25, 0.3) is 0 Å². The minimum absolute atomic E-state index is 0.106. The highest BCUT2D eigenvalue weighted by atomic mass is 33.1. The molecule has 0 radical (unpaired) electrons. The van der Waals surface area contributed by atoms with Gasteiger partial charge in [-0.2, -0.15) is 0 Å². The predicted octanol–water partition coefficient (Wildman–Crippen LogP) is 8.79. The fourth-order valence-electron chi connectivity index (χ4n) is 3.70. The summed E-state index contributed by atoms with van der Waals surface area (Å²) in [5, 5.41) is 10.2. The van der Waals surface area contributed by atoms with Crippen LogP contribution in [0, 0.1) is 0 Å². The van der Waals surface area contributed by atoms with E-state index in [0.29, 0.717) is 4.75 Å². The second-order valence-electron chi connectivity index (χ2n) is 9.69. The maximum atomic E-state index is 10.2. The van der Waals surface area contributed by atoms with Crippen molar-refractivity contribution in [3.63, 3.8) is 0 Å². The Hall–Kier alpha value is 0.660. The Morgan fingerprint density at radius 1 is 0.615 bits per heavy atom. The molecule has 0 aliphatic heterocycles. The molecule has 26 heavy (non-hydrogen) atoms. The van der Waals surface area contributed by atoms with Crippen LogP contribution in [0.3, 0.4) is 0 Å². The first-order chi connectivity index (χ1) is 12.0. The first kappa shape index (κ1) is 26.7. The van der Waals surface area contributed by atoms with E-state index in [1.54, 1.807) is 0 Å². The molecule has 0 saturated carbocycles. The van der Waals surface area contributed by atoms with Gasteiger partial charge in [-0.05, 0) is 53.9 Å². The van der Waals surface area contributed by atoms with Crippen molar-refractivity contribution in [1.29, 1.82) is 0 Å². The quantitative estimate of drug-likeness (QED) is 0.193. The van der Waals surface area contributed by atoms with Gasteiger partial charge in [-0.3, -0.25) is 0 Å². The predicted molar refractivity (Wildman–Crippen MR) is 125 cm³/mol. The van der Waals surface area contributed by atoms with E-state index >= 15 is 0 Å². The first-order valence-corrected chi connectivity index (χ1v) is 13.3. The average molecular weight is 405 g/mol. The van der Waals surface area contributed by atoms with Gasteiger partial charge >= 0.3 is 0 Å². The normalized spacial score (nSPS) is 13.4. The van der Waals surface area contributed by atoms with Crippen LogP contribution in [0.4, 0.5) is 0 Å². The minimum atomic E-state index is -0.590. The van der Waals surface area contributed by atoms with Gasteiger partial charge in [0, 0.05) is 9.49 Å². The van der Waals surface area contributed by atoms with E-state index in [4.69, 9.17) is 0 Å². The van der Waals surface area contributed by atoms with Crippen molar-refractivity contribution in [2.75, 3.05) is 0 Å². The van der Waals surface area contributed by atoms with Crippen LogP contribution < -0.4 is 0 Å². The summed E-state index contributed by atoms with van der Waals surface area (Å²) in [4.78, 5) is 0. The van der Waals surface area contributed by atoms with Gasteiger partial charge in [0.15, 0.2) is 0 Å².